The van der Waals surface area contributed by atoms with E-state index in [4.69, 9.17) is 5.11 Å². The third-order valence-corrected chi connectivity index (χ3v) is 6.54. The second kappa shape index (κ2) is 9.62. The topological polar surface area (TPSA) is 74.6 Å². The number of allylic oxidation sites excluding steroid dienone is 4. The van der Waals surface area contributed by atoms with Crippen molar-refractivity contribution in [2.24, 2.45) is 11.8 Å². The number of rotatable bonds is 9. The maximum Gasteiger partial charge on any atom is 0.303 e. The minimum absolute atomic E-state index is 0.0407. The van der Waals surface area contributed by atoms with Gasteiger partial charge in [0.05, 0.1) is 11.0 Å². The lowest BCUT2D eigenvalue weighted by atomic mass is 9.90. The van der Waals surface area contributed by atoms with Crippen LogP contribution in [0, 0.1) is 11.8 Å². The number of carbonyl (C=O) groups is 2. The minimum atomic E-state index is -3.20. The van der Waals surface area contributed by atoms with E-state index in [9.17, 15) is 23.5 Å². The van der Waals surface area contributed by atoms with Crippen LogP contribution in [0.2, 0.25) is 0 Å². The molecule has 2 aromatic rings. The van der Waals surface area contributed by atoms with Gasteiger partial charge in [-0.1, -0.05) is 36.4 Å². The van der Waals surface area contributed by atoms with E-state index in [0.29, 0.717) is 19.3 Å². The summed E-state index contributed by atoms with van der Waals surface area (Å²) < 4.78 is 30.3. The number of carbonyl (C=O) groups excluding carboxylic acids is 1. The van der Waals surface area contributed by atoms with Crippen LogP contribution in [-0.4, -0.2) is 28.1 Å². The van der Waals surface area contributed by atoms with Crippen LogP contribution in [0.1, 0.15) is 37.0 Å². The zero-order valence-electron chi connectivity index (χ0n) is 16.3. The molecule has 2 N–H and O–H groups in total. The van der Waals surface area contributed by atoms with Crippen LogP contribution >= 0.6 is 11.3 Å². The van der Waals surface area contributed by atoms with Gasteiger partial charge in [0.15, 0.2) is 0 Å². The Bertz CT molecular complexity index is 930. The number of ketones is 1. The number of carboxylic acid groups (broad SMARTS) is 1. The van der Waals surface area contributed by atoms with Crippen LogP contribution in [0.4, 0.5) is 8.78 Å². The highest BCUT2D eigenvalue weighted by Crippen LogP contribution is 2.40. The van der Waals surface area contributed by atoms with E-state index in [0.717, 1.165) is 27.5 Å². The Hall–Kier alpha value is -2.38. The Labute approximate surface area is 177 Å². The molecule has 0 amide bonds. The molecule has 0 spiro atoms. The largest absolute Gasteiger partial charge is 0.481 e. The molecule has 0 unspecified atom stereocenters. The standard InChI is InChI=1S/C23H24F2O4S/c24-23(25,21-13-15-7-5-6-9-20(15)30-21)12-11-17-16(18(26)14-19(17)27)8-3-1-2-4-10-22(28)29/h1,3,5-7,9,11-13,16-18,26H,2,4,8,10,14H2,(H,28,29)/b3-1-,12-11+/t16-,17-,18+/m1/s1. The number of fused-ring (bicyclic) bond motifs is 1. The van der Waals surface area contributed by atoms with Crippen molar-refractivity contribution >= 4 is 33.2 Å². The van der Waals surface area contributed by atoms with Crippen LogP contribution in [0.15, 0.2) is 54.6 Å². The summed E-state index contributed by atoms with van der Waals surface area (Å²) in [5, 5.41) is 19.6. The second-order valence-corrected chi connectivity index (χ2v) is 8.63. The number of aliphatic hydroxyl groups excluding tert-OH is 1. The monoisotopic (exact) mass is 434 g/mol. The number of alkyl halides is 2. The van der Waals surface area contributed by atoms with E-state index in [2.05, 4.69) is 0 Å². The smallest absolute Gasteiger partial charge is 0.303 e. The molecule has 1 aromatic carbocycles. The van der Waals surface area contributed by atoms with Crippen molar-refractivity contribution in [1.29, 1.82) is 0 Å². The maximum absolute atomic E-state index is 14.7. The summed E-state index contributed by atoms with van der Waals surface area (Å²) in [5.74, 6) is -5.51. The van der Waals surface area contributed by atoms with E-state index in [1.807, 2.05) is 6.08 Å². The quantitative estimate of drug-likeness (QED) is 0.414. The number of hydrogen-bond acceptors (Lipinski definition) is 4. The van der Waals surface area contributed by atoms with Crippen molar-refractivity contribution in [2.45, 2.75) is 44.1 Å². The SMILES string of the molecule is O=C(O)CCC/C=C\C[C@H]1[C@@H](O)CC(=O)[C@@H]1/C=C/C(F)(F)c1cc2ccccc2s1. The fourth-order valence-electron chi connectivity index (χ4n) is 3.72. The van der Waals surface area contributed by atoms with Crippen molar-refractivity contribution in [3.05, 3.63) is 59.5 Å². The minimum Gasteiger partial charge on any atom is -0.481 e. The molecular weight excluding hydrogens is 410 g/mol. The van der Waals surface area contributed by atoms with Gasteiger partial charge in [-0.05, 0) is 42.9 Å². The van der Waals surface area contributed by atoms with Crippen LogP contribution in [0.3, 0.4) is 0 Å². The molecule has 1 aromatic heterocycles. The summed E-state index contributed by atoms with van der Waals surface area (Å²) >= 11 is 1.02. The number of aliphatic hydroxyl groups is 1. The average molecular weight is 435 g/mol. The molecule has 0 aliphatic heterocycles. The van der Waals surface area contributed by atoms with Gasteiger partial charge in [0.2, 0.25) is 0 Å². The highest BCUT2D eigenvalue weighted by atomic mass is 32.1. The first-order valence-corrected chi connectivity index (χ1v) is 10.7. The molecule has 0 radical (unpaired) electrons. The van der Waals surface area contributed by atoms with Gasteiger partial charge in [0.25, 0.3) is 0 Å². The summed E-state index contributed by atoms with van der Waals surface area (Å²) in [6, 6.07) is 8.64. The molecule has 30 heavy (non-hydrogen) atoms. The normalized spacial score (nSPS) is 22.6. The Morgan fingerprint density at radius 2 is 2.03 bits per heavy atom. The van der Waals surface area contributed by atoms with E-state index in [-0.39, 0.29) is 23.5 Å². The molecule has 1 fully saturated rings. The number of aliphatic carboxylic acids is 1. The van der Waals surface area contributed by atoms with Crippen molar-refractivity contribution in [3.63, 3.8) is 0 Å². The predicted molar refractivity (Wildman–Crippen MR) is 113 cm³/mol. The van der Waals surface area contributed by atoms with Crippen molar-refractivity contribution < 1.29 is 28.6 Å². The molecule has 1 saturated carbocycles. The number of benzene rings is 1. The van der Waals surface area contributed by atoms with E-state index in [1.165, 1.54) is 12.1 Å². The molecule has 7 heteroatoms. The Kier molecular flexibility index (Phi) is 7.15. The maximum atomic E-state index is 14.7. The molecule has 0 bridgehead atoms. The third kappa shape index (κ3) is 5.40. The number of carboxylic acids is 1. The fraction of sp³-hybridized carbons (Fsp3) is 0.391. The molecular formula is C23H24F2O4S. The zero-order chi connectivity index (χ0) is 21.7. The molecule has 3 atom stereocenters. The Morgan fingerprint density at radius 3 is 2.77 bits per heavy atom. The third-order valence-electron chi connectivity index (χ3n) is 5.34. The molecule has 1 aliphatic rings. The predicted octanol–water partition coefficient (Wildman–Crippen LogP) is 5.32. The lowest BCUT2D eigenvalue weighted by molar-refractivity contribution is -0.137. The molecule has 1 heterocycles. The van der Waals surface area contributed by atoms with Gasteiger partial charge >= 0.3 is 11.9 Å². The molecule has 160 valence electrons. The summed E-state index contributed by atoms with van der Waals surface area (Å²) in [4.78, 5) is 22.7. The summed E-state index contributed by atoms with van der Waals surface area (Å²) in [6.07, 6.45) is 6.25. The number of Topliss-reactive ketones (excluding diaryl/α,β-unsaturated/α-hetero) is 1. The Morgan fingerprint density at radius 1 is 1.27 bits per heavy atom. The van der Waals surface area contributed by atoms with Crippen LogP contribution < -0.4 is 0 Å². The number of unbranched alkanes of at least 4 members (excludes halogenated alkanes) is 1. The second-order valence-electron chi connectivity index (χ2n) is 7.55. The summed E-state index contributed by atoms with van der Waals surface area (Å²) in [7, 11) is 0. The number of hydrogen-bond donors (Lipinski definition) is 2. The van der Waals surface area contributed by atoms with Crippen molar-refractivity contribution in [3.8, 4) is 0 Å². The molecule has 3 rings (SSSR count). The molecule has 4 nitrogen and oxygen atoms in total. The molecule has 1 aliphatic carbocycles. The van der Waals surface area contributed by atoms with Crippen LogP contribution in [-0.2, 0) is 15.5 Å². The lowest BCUT2D eigenvalue weighted by Crippen LogP contribution is -2.19. The van der Waals surface area contributed by atoms with E-state index in [1.54, 1.807) is 30.3 Å². The first kappa shape index (κ1) is 22.3. The van der Waals surface area contributed by atoms with Crippen LogP contribution in [0.25, 0.3) is 10.1 Å². The van der Waals surface area contributed by atoms with Gasteiger partial charge in [0, 0.05) is 29.4 Å². The fourth-order valence-corrected chi connectivity index (χ4v) is 4.74. The highest BCUT2D eigenvalue weighted by Gasteiger charge is 2.40. The summed E-state index contributed by atoms with van der Waals surface area (Å²) in [5.41, 5.74) is 0. The first-order chi connectivity index (χ1) is 14.3. The highest BCUT2D eigenvalue weighted by molar-refractivity contribution is 7.19. The van der Waals surface area contributed by atoms with E-state index >= 15 is 0 Å². The van der Waals surface area contributed by atoms with Gasteiger partial charge in [0.1, 0.15) is 5.78 Å². The molecule has 0 saturated heterocycles. The number of halogens is 2. The van der Waals surface area contributed by atoms with Gasteiger partial charge in [-0.15, -0.1) is 11.3 Å². The van der Waals surface area contributed by atoms with Gasteiger partial charge in [-0.2, -0.15) is 8.78 Å². The van der Waals surface area contributed by atoms with Crippen LogP contribution in [0.5, 0.6) is 0 Å². The van der Waals surface area contributed by atoms with Gasteiger partial charge in [-0.3, -0.25) is 9.59 Å². The van der Waals surface area contributed by atoms with Crippen molar-refractivity contribution in [2.75, 3.05) is 0 Å². The number of thiophene rings is 1. The lowest BCUT2D eigenvalue weighted by Gasteiger charge is -2.17. The zero-order valence-corrected chi connectivity index (χ0v) is 17.2. The van der Waals surface area contributed by atoms with E-state index < -0.39 is 29.8 Å². The average Bonchev–Trinajstić information content (AvgIpc) is 3.24. The first-order valence-electron chi connectivity index (χ1n) is 9.92. The van der Waals surface area contributed by atoms with Gasteiger partial charge in [-0.25, -0.2) is 0 Å². The summed E-state index contributed by atoms with van der Waals surface area (Å²) in [6.45, 7) is 0. The van der Waals surface area contributed by atoms with Gasteiger partial charge < -0.3 is 10.2 Å². The Balaban J connectivity index is 1.67. The van der Waals surface area contributed by atoms with Crippen molar-refractivity contribution in [1.82, 2.24) is 0 Å².